The molecule has 27 heavy (non-hydrogen) atoms. The topological polar surface area (TPSA) is 79.0 Å². The van der Waals surface area contributed by atoms with Crippen molar-refractivity contribution in [2.45, 2.75) is 25.4 Å². The van der Waals surface area contributed by atoms with E-state index in [1.165, 1.54) is 11.0 Å². The lowest BCUT2D eigenvalue weighted by molar-refractivity contribution is -0.121. The summed E-state index contributed by atoms with van der Waals surface area (Å²) in [5.74, 6) is 0.374. The van der Waals surface area contributed by atoms with Crippen LogP contribution in [0.5, 0.6) is 0 Å². The van der Waals surface area contributed by atoms with Gasteiger partial charge in [0.15, 0.2) is 0 Å². The second-order valence-electron chi connectivity index (χ2n) is 7.39. The molecular formula is C19H22FN3O4. The molecule has 8 heteroatoms. The van der Waals surface area contributed by atoms with Crippen LogP contribution in [0.15, 0.2) is 18.2 Å². The lowest BCUT2D eigenvalue weighted by Gasteiger charge is -2.17. The fourth-order valence-electron chi connectivity index (χ4n) is 4.25. The van der Waals surface area contributed by atoms with E-state index in [2.05, 4.69) is 5.32 Å². The molecule has 2 saturated heterocycles. The van der Waals surface area contributed by atoms with Crippen LogP contribution >= 0.6 is 0 Å². The molecule has 2 aliphatic heterocycles. The second-order valence-corrected chi connectivity index (χ2v) is 7.39. The molecule has 4 atom stereocenters. The van der Waals surface area contributed by atoms with E-state index >= 15 is 0 Å². The summed E-state index contributed by atoms with van der Waals surface area (Å²) in [6.45, 7) is 3.63. The second kappa shape index (κ2) is 6.83. The summed E-state index contributed by atoms with van der Waals surface area (Å²) in [6.07, 6.45) is 0.224. The van der Waals surface area contributed by atoms with Gasteiger partial charge in [0.05, 0.1) is 18.8 Å². The quantitative estimate of drug-likeness (QED) is 0.764. The predicted molar refractivity (Wildman–Crippen MR) is 94.7 cm³/mol. The van der Waals surface area contributed by atoms with Crippen LogP contribution in [0.3, 0.4) is 0 Å². The van der Waals surface area contributed by atoms with E-state index in [0.717, 1.165) is 6.41 Å². The molecule has 7 nitrogen and oxygen atoms in total. The van der Waals surface area contributed by atoms with Gasteiger partial charge < -0.3 is 15.0 Å². The number of nitrogens with one attached hydrogen (secondary N) is 1. The molecule has 0 aromatic heterocycles. The number of carbonyl (C=O) groups excluding carboxylic acids is 3. The van der Waals surface area contributed by atoms with E-state index in [9.17, 15) is 18.8 Å². The fourth-order valence-corrected chi connectivity index (χ4v) is 4.25. The number of hydrogen-bond acceptors (Lipinski definition) is 4. The lowest BCUT2D eigenvalue weighted by atomic mass is 10.1. The number of piperidine rings is 1. The monoisotopic (exact) mass is 375 g/mol. The van der Waals surface area contributed by atoms with Crippen LogP contribution in [0.1, 0.15) is 24.8 Å². The van der Waals surface area contributed by atoms with Crippen LogP contribution in [0.2, 0.25) is 0 Å². The van der Waals surface area contributed by atoms with Gasteiger partial charge in [-0.1, -0.05) is 13.0 Å². The number of cyclic esters (lactones) is 1. The molecule has 0 bridgehead atoms. The Morgan fingerprint density at radius 1 is 1.33 bits per heavy atom. The highest BCUT2D eigenvalue weighted by Gasteiger charge is 2.56. The first-order valence-electron chi connectivity index (χ1n) is 9.25. The number of amides is 3. The Kier molecular flexibility index (Phi) is 4.49. The van der Waals surface area contributed by atoms with Gasteiger partial charge in [-0.3, -0.25) is 14.5 Å². The number of hydrogen-bond donors (Lipinski definition) is 1. The molecule has 3 amide bonds. The Morgan fingerprint density at radius 2 is 2.07 bits per heavy atom. The van der Waals surface area contributed by atoms with Crippen LogP contribution in [0.4, 0.5) is 14.9 Å². The van der Waals surface area contributed by atoms with Crippen molar-refractivity contribution in [2.75, 3.05) is 31.1 Å². The van der Waals surface area contributed by atoms with Gasteiger partial charge in [-0.25, -0.2) is 9.18 Å². The van der Waals surface area contributed by atoms with Gasteiger partial charge in [-0.2, -0.15) is 0 Å². The minimum atomic E-state index is -0.539. The number of nitrogens with zero attached hydrogens (tertiary/aromatic N) is 2. The van der Waals surface area contributed by atoms with E-state index in [1.54, 1.807) is 24.0 Å². The third kappa shape index (κ3) is 3.24. The molecule has 1 N–H and O–H groups in total. The summed E-state index contributed by atoms with van der Waals surface area (Å²) in [7, 11) is 0. The first-order valence-corrected chi connectivity index (χ1v) is 9.25. The van der Waals surface area contributed by atoms with Crippen molar-refractivity contribution in [2.24, 2.45) is 11.8 Å². The highest BCUT2D eigenvalue weighted by Crippen LogP contribution is 2.58. The molecule has 1 aromatic carbocycles. The first-order chi connectivity index (χ1) is 13.0. The largest absolute Gasteiger partial charge is 0.442 e. The van der Waals surface area contributed by atoms with Gasteiger partial charge in [-0.05, 0) is 35.4 Å². The van der Waals surface area contributed by atoms with Gasteiger partial charge in [0.1, 0.15) is 11.9 Å². The van der Waals surface area contributed by atoms with Gasteiger partial charge in [0.25, 0.3) is 0 Å². The van der Waals surface area contributed by atoms with Crippen LogP contribution < -0.4 is 10.2 Å². The number of ether oxygens (including phenoxy) is 1. The highest BCUT2D eigenvalue weighted by atomic mass is 19.1. The van der Waals surface area contributed by atoms with Crippen molar-refractivity contribution in [3.63, 3.8) is 0 Å². The normalized spacial score (nSPS) is 28.7. The van der Waals surface area contributed by atoms with E-state index in [4.69, 9.17) is 4.74 Å². The van der Waals surface area contributed by atoms with E-state index in [1.807, 2.05) is 0 Å². The van der Waals surface area contributed by atoms with Gasteiger partial charge in [0.2, 0.25) is 12.3 Å². The number of anilines is 1. The molecule has 0 unspecified atom stereocenters. The average molecular weight is 375 g/mol. The Hall–Kier alpha value is -2.64. The maximum absolute atomic E-state index is 14.7. The summed E-state index contributed by atoms with van der Waals surface area (Å²) in [5, 5.41) is 2.70. The van der Waals surface area contributed by atoms with Crippen LogP contribution in [0, 0.1) is 17.7 Å². The van der Waals surface area contributed by atoms with Crippen molar-refractivity contribution in [1.82, 2.24) is 10.2 Å². The molecule has 0 spiro atoms. The number of likely N-dealkylation sites (tertiary alicyclic amines) is 1. The number of carbonyl (C=O) groups is 3. The maximum Gasteiger partial charge on any atom is 0.414 e. The minimum absolute atomic E-state index is 0.108. The SMILES string of the molecule is CCC(=O)NC[C@H]1CN(c2ccc([C@H]3[C@@H]4CN(C=O)C[C@@H]43)c(F)c2)C(=O)O1. The number of benzene rings is 1. The number of rotatable bonds is 6. The first kappa shape index (κ1) is 17.8. The van der Waals surface area contributed by atoms with Gasteiger partial charge in [-0.15, -0.1) is 0 Å². The molecule has 3 fully saturated rings. The summed E-state index contributed by atoms with van der Waals surface area (Å²) in [6, 6.07) is 4.84. The van der Waals surface area contributed by atoms with Crippen molar-refractivity contribution in [1.29, 1.82) is 0 Å². The lowest BCUT2D eigenvalue weighted by Crippen LogP contribution is -2.34. The zero-order valence-electron chi connectivity index (χ0n) is 15.1. The van der Waals surface area contributed by atoms with Gasteiger partial charge >= 0.3 is 6.09 Å². The smallest absolute Gasteiger partial charge is 0.414 e. The Bertz CT molecular complexity index is 774. The maximum atomic E-state index is 14.7. The Labute approximate surface area is 156 Å². The summed E-state index contributed by atoms with van der Waals surface area (Å²) in [4.78, 5) is 37.4. The van der Waals surface area contributed by atoms with Crippen molar-refractivity contribution < 1.29 is 23.5 Å². The van der Waals surface area contributed by atoms with Gasteiger partial charge in [0, 0.05) is 19.5 Å². The molecule has 1 saturated carbocycles. The third-order valence-electron chi connectivity index (χ3n) is 5.75. The van der Waals surface area contributed by atoms with Crippen LogP contribution in [0.25, 0.3) is 0 Å². The summed E-state index contributed by atoms with van der Waals surface area (Å²) in [5.41, 5.74) is 1.10. The molecule has 4 rings (SSSR count). The van der Waals surface area contributed by atoms with E-state index in [0.29, 0.717) is 42.6 Å². The zero-order chi connectivity index (χ0) is 19.1. The molecule has 1 aliphatic carbocycles. The standard InChI is InChI=1S/C19H22FN3O4/c1-2-17(25)21-6-12-7-23(19(26)27-12)11-3-4-13(16(20)5-11)18-14-8-22(10-24)9-15(14)18/h3-5,10,12,14-15,18H,2,6-9H2,1H3,(H,21,25)/t12-,14-,15+,18+/m0/s1. The molecular weight excluding hydrogens is 353 g/mol. The molecule has 3 aliphatic rings. The Balaban J connectivity index is 1.40. The number of fused-ring (bicyclic) bond motifs is 1. The fraction of sp³-hybridized carbons (Fsp3) is 0.526. The zero-order valence-corrected chi connectivity index (χ0v) is 15.1. The molecule has 0 radical (unpaired) electrons. The van der Waals surface area contributed by atoms with Crippen molar-refractivity contribution in [3.8, 4) is 0 Å². The highest BCUT2D eigenvalue weighted by molar-refractivity contribution is 5.89. The third-order valence-corrected chi connectivity index (χ3v) is 5.75. The van der Waals surface area contributed by atoms with E-state index in [-0.39, 0.29) is 30.7 Å². The van der Waals surface area contributed by atoms with Crippen molar-refractivity contribution in [3.05, 3.63) is 29.6 Å². The molecule has 1 aromatic rings. The van der Waals surface area contributed by atoms with Crippen LogP contribution in [-0.2, 0) is 14.3 Å². The Morgan fingerprint density at radius 3 is 2.70 bits per heavy atom. The predicted octanol–water partition coefficient (Wildman–Crippen LogP) is 1.48. The summed E-state index contributed by atoms with van der Waals surface area (Å²) < 4.78 is 19.9. The number of halogens is 1. The van der Waals surface area contributed by atoms with E-state index < -0.39 is 12.2 Å². The van der Waals surface area contributed by atoms with Crippen LogP contribution in [-0.4, -0.2) is 55.6 Å². The summed E-state index contributed by atoms with van der Waals surface area (Å²) >= 11 is 0. The van der Waals surface area contributed by atoms with Crippen molar-refractivity contribution >= 4 is 24.1 Å². The average Bonchev–Trinajstić information content (AvgIpc) is 3.00. The molecule has 2 heterocycles. The minimum Gasteiger partial charge on any atom is -0.442 e. The molecule has 144 valence electrons.